The van der Waals surface area contributed by atoms with Gasteiger partial charge in [0, 0.05) is 12.2 Å². The minimum atomic E-state index is 0.461. The summed E-state index contributed by atoms with van der Waals surface area (Å²) in [5.41, 5.74) is 10.00. The highest BCUT2D eigenvalue weighted by atomic mass is 15.1. The van der Waals surface area contributed by atoms with E-state index in [1.165, 1.54) is 0 Å². The van der Waals surface area contributed by atoms with Gasteiger partial charge in [-0.05, 0) is 30.7 Å². The van der Waals surface area contributed by atoms with E-state index in [4.69, 9.17) is 11.0 Å². The fourth-order valence-electron chi connectivity index (χ4n) is 2.06. The molecule has 2 rings (SSSR count). The van der Waals surface area contributed by atoms with Crippen LogP contribution in [0.25, 0.3) is 0 Å². The third kappa shape index (κ3) is 2.86. The van der Waals surface area contributed by atoms with Crippen molar-refractivity contribution in [1.29, 1.82) is 5.26 Å². The van der Waals surface area contributed by atoms with Gasteiger partial charge in [0.15, 0.2) is 0 Å². The quantitative estimate of drug-likeness (QED) is 0.844. The summed E-state index contributed by atoms with van der Waals surface area (Å²) in [4.78, 5) is 2.09. The lowest BCUT2D eigenvalue weighted by Crippen LogP contribution is -2.19. The van der Waals surface area contributed by atoms with Gasteiger partial charge in [-0.25, -0.2) is 0 Å². The molecule has 0 unspecified atom stereocenters. The van der Waals surface area contributed by atoms with E-state index in [1.54, 1.807) is 0 Å². The van der Waals surface area contributed by atoms with E-state index in [0.29, 0.717) is 13.0 Å². The summed E-state index contributed by atoms with van der Waals surface area (Å²) in [6.45, 7) is 2.63. The standard InChI is InChI=1S/C16H17N3/c1-13-7-5-10-15(16(13)18)19(12-6-11-17)14-8-3-2-4-9-14/h2-5,7-10H,6,12,18H2,1H3. The van der Waals surface area contributed by atoms with E-state index in [0.717, 1.165) is 22.6 Å². The Kier molecular flexibility index (Phi) is 4.04. The van der Waals surface area contributed by atoms with Crippen molar-refractivity contribution in [3.63, 3.8) is 0 Å². The molecular formula is C16H17N3. The number of nitriles is 1. The molecule has 0 radical (unpaired) electrons. The average molecular weight is 251 g/mol. The number of nitrogens with two attached hydrogens (primary N) is 1. The second kappa shape index (κ2) is 5.92. The molecular weight excluding hydrogens is 234 g/mol. The Bertz CT molecular complexity index is 585. The summed E-state index contributed by atoms with van der Waals surface area (Å²) >= 11 is 0. The maximum Gasteiger partial charge on any atom is 0.0647 e. The molecule has 3 heteroatoms. The number of hydrogen-bond acceptors (Lipinski definition) is 3. The van der Waals surface area contributed by atoms with Crippen LogP contribution in [0.5, 0.6) is 0 Å². The SMILES string of the molecule is Cc1cccc(N(CCC#N)c2ccccc2)c1N. The Morgan fingerprint density at radius 2 is 1.84 bits per heavy atom. The Morgan fingerprint density at radius 3 is 2.53 bits per heavy atom. The van der Waals surface area contributed by atoms with Gasteiger partial charge in [-0.3, -0.25) is 0 Å². The zero-order chi connectivity index (χ0) is 13.7. The summed E-state index contributed by atoms with van der Waals surface area (Å²) in [5, 5.41) is 8.82. The average Bonchev–Trinajstić information content (AvgIpc) is 2.45. The van der Waals surface area contributed by atoms with Crippen molar-refractivity contribution in [1.82, 2.24) is 0 Å². The predicted molar refractivity (Wildman–Crippen MR) is 79.3 cm³/mol. The van der Waals surface area contributed by atoms with E-state index in [-0.39, 0.29) is 0 Å². The minimum Gasteiger partial charge on any atom is -0.397 e. The number of rotatable bonds is 4. The Labute approximate surface area is 113 Å². The third-order valence-corrected chi connectivity index (χ3v) is 3.11. The Morgan fingerprint density at radius 1 is 1.11 bits per heavy atom. The maximum atomic E-state index is 8.82. The fourth-order valence-corrected chi connectivity index (χ4v) is 2.06. The Hall–Kier alpha value is -2.47. The molecule has 3 nitrogen and oxygen atoms in total. The largest absolute Gasteiger partial charge is 0.397 e. The first-order chi connectivity index (χ1) is 9.24. The van der Waals surface area contributed by atoms with E-state index >= 15 is 0 Å². The molecule has 2 aromatic rings. The number of hydrogen-bond donors (Lipinski definition) is 1. The number of aryl methyl sites for hydroxylation is 1. The smallest absolute Gasteiger partial charge is 0.0647 e. The van der Waals surface area contributed by atoms with Gasteiger partial charge in [0.05, 0.1) is 23.9 Å². The van der Waals surface area contributed by atoms with Gasteiger partial charge >= 0.3 is 0 Å². The van der Waals surface area contributed by atoms with Crippen LogP contribution in [0.2, 0.25) is 0 Å². The van der Waals surface area contributed by atoms with Crippen LogP contribution in [0.4, 0.5) is 17.1 Å². The first kappa shape index (κ1) is 13.0. The van der Waals surface area contributed by atoms with Crippen molar-refractivity contribution in [3.8, 4) is 6.07 Å². The molecule has 2 aromatic carbocycles. The number of anilines is 3. The van der Waals surface area contributed by atoms with Crippen LogP contribution in [0, 0.1) is 18.3 Å². The highest BCUT2D eigenvalue weighted by Crippen LogP contribution is 2.32. The summed E-state index contributed by atoms with van der Waals surface area (Å²) in [6, 6.07) is 18.2. The topological polar surface area (TPSA) is 53.0 Å². The molecule has 0 aliphatic rings. The maximum absolute atomic E-state index is 8.82. The zero-order valence-corrected chi connectivity index (χ0v) is 11.0. The van der Waals surface area contributed by atoms with E-state index < -0.39 is 0 Å². The minimum absolute atomic E-state index is 0.461. The first-order valence-electron chi connectivity index (χ1n) is 6.28. The number of nitrogens with zero attached hydrogens (tertiary/aromatic N) is 2. The van der Waals surface area contributed by atoms with Crippen LogP contribution in [-0.4, -0.2) is 6.54 Å². The van der Waals surface area contributed by atoms with Crippen LogP contribution in [0.3, 0.4) is 0 Å². The molecule has 2 N–H and O–H groups in total. The van der Waals surface area contributed by atoms with E-state index in [1.807, 2.05) is 55.5 Å². The summed E-state index contributed by atoms with van der Waals surface area (Å²) in [6.07, 6.45) is 0.461. The normalized spacial score (nSPS) is 9.89. The molecule has 0 saturated carbocycles. The van der Waals surface area contributed by atoms with Crippen molar-refractivity contribution in [2.75, 3.05) is 17.2 Å². The van der Waals surface area contributed by atoms with Gasteiger partial charge in [-0.15, -0.1) is 0 Å². The zero-order valence-electron chi connectivity index (χ0n) is 11.0. The van der Waals surface area contributed by atoms with Crippen LogP contribution in [-0.2, 0) is 0 Å². The molecule has 19 heavy (non-hydrogen) atoms. The van der Waals surface area contributed by atoms with Crippen molar-refractivity contribution >= 4 is 17.1 Å². The molecule has 0 aromatic heterocycles. The third-order valence-electron chi connectivity index (χ3n) is 3.11. The van der Waals surface area contributed by atoms with Crippen molar-refractivity contribution in [3.05, 3.63) is 54.1 Å². The molecule has 0 amide bonds. The second-order valence-electron chi connectivity index (χ2n) is 4.40. The lowest BCUT2D eigenvalue weighted by atomic mass is 10.1. The van der Waals surface area contributed by atoms with Gasteiger partial charge in [-0.1, -0.05) is 30.3 Å². The molecule has 0 bridgehead atoms. The van der Waals surface area contributed by atoms with Crippen molar-refractivity contribution in [2.45, 2.75) is 13.3 Å². The van der Waals surface area contributed by atoms with Gasteiger partial charge in [0.2, 0.25) is 0 Å². The summed E-state index contributed by atoms with van der Waals surface area (Å²) < 4.78 is 0. The van der Waals surface area contributed by atoms with E-state index in [9.17, 15) is 0 Å². The monoisotopic (exact) mass is 251 g/mol. The lowest BCUT2D eigenvalue weighted by molar-refractivity contribution is 0.948. The van der Waals surface area contributed by atoms with Crippen LogP contribution in [0.1, 0.15) is 12.0 Å². The molecule has 0 atom stereocenters. The lowest BCUT2D eigenvalue weighted by Gasteiger charge is -2.26. The Balaban J connectivity index is 2.44. The highest BCUT2D eigenvalue weighted by Gasteiger charge is 2.12. The fraction of sp³-hybridized carbons (Fsp3) is 0.188. The predicted octanol–water partition coefficient (Wildman–Crippen LogP) is 3.63. The number of para-hydroxylation sites is 2. The highest BCUT2D eigenvalue weighted by molar-refractivity contribution is 5.77. The summed E-state index contributed by atoms with van der Waals surface area (Å²) in [7, 11) is 0. The van der Waals surface area contributed by atoms with E-state index in [2.05, 4.69) is 11.0 Å². The van der Waals surface area contributed by atoms with Gasteiger partial charge in [0.1, 0.15) is 0 Å². The summed E-state index contributed by atoms with van der Waals surface area (Å²) in [5.74, 6) is 0. The number of benzene rings is 2. The number of nitrogen functional groups attached to an aromatic ring is 1. The second-order valence-corrected chi connectivity index (χ2v) is 4.40. The van der Waals surface area contributed by atoms with Crippen LogP contribution >= 0.6 is 0 Å². The van der Waals surface area contributed by atoms with Crippen molar-refractivity contribution in [2.24, 2.45) is 0 Å². The molecule has 0 spiro atoms. The van der Waals surface area contributed by atoms with Gasteiger partial charge in [-0.2, -0.15) is 5.26 Å². The molecule has 96 valence electrons. The van der Waals surface area contributed by atoms with Crippen LogP contribution in [0.15, 0.2) is 48.5 Å². The van der Waals surface area contributed by atoms with Crippen LogP contribution < -0.4 is 10.6 Å². The molecule has 0 heterocycles. The van der Waals surface area contributed by atoms with Gasteiger partial charge < -0.3 is 10.6 Å². The molecule has 0 aliphatic carbocycles. The molecule has 0 aliphatic heterocycles. The van der Waals surface area contributed by atoms with Gasteiger partial charge in [0.25, 0.3) is 0 Å². The van der Waals surface area contributed by atoms with Crippen molar-refractivity contribution < 1.29 is 0 Å². The molecule has 0 fully saturated rings. The first-order valence-corrected chi connectivity index (χ1v) is 6.28. The molecule has 0 saturated heterocycles.